The van der Waals surface area contributed by atoms with Gasteiger partial charge in [0.15, 0.2) is 0 Å². The standard InChI is InChI=1S/C11H17NO2/c1-5-14-11(13)10-7-6-9(4)12(10)8(2)3/h6-8H,5H2,1-4H3. The molecule has 3 nitrogen and oxygen atoms in total. The Kier molecular flexibility index (Phi) is 3.33. The van der Waals surface area contributed by atoms with Gasteiger partial charge in [-0.15, -0.1) is 0 Å². The Hall–Kier alpha value is -1.25. The van der Waals surface area contributed by atoms with E-state index >= 15 is 0 Å². The van der Waals surface area contributed by atoms with Crippen molar-refractivity contribution in [2.45, 2.75) is 33.7 Å². The lowest BCUT2D eigenvalue weighted by Crippen LogP contribution is -2.14. The van der Waals surface area contributed by atoms with Crippen molar-refractivity contribution in [2.24, 2.45) is 0 Å². The van der Waals surface area contributed by atoms with Crippen LogP contribution in [0.5, 0.6) is 0 Å². The van der Waals surface area contributed by atoms with Gasteiger partial charge in [-0.3, -0.25) is 0 Å². The molecule has 0 aliphatic carbocycles. The molecule has 1 aromatic heterocycles. The monoisotopic (exact) mass is 195 g/mol. The normalized spacial score (nSPS) is 10.6. The van der Waals surface area contributed by atoms with Gasteiger partial charge in [-0.1, -0.05) is 0 Å². The minimum Gasteiger partial charge on any atom is -0.461 e. The first-order valence-electron chi connectivity index (χ1n) is 4.92. The minimum atomic E-state index is -0.241. The van der Waals surface area contributed by atoms with E-state index in [1.54, 1.807) is 0 Å². The van der Waals surface area contributed by atoms with E-state index in [2.05, 4.69) is 13.8 Å². The molecule has 0 fully saturated rings. The Morgan fingerprint density at radius 1 is 1.50 bits per heavy atom. The lowest BCUT2D eigenvalue weighted by Gasteiger charge is -2.14. The van der Waals surface area contributed by atoms with Crippen LogP contribution in [0, 0.1) is 6.92 Å². The highest BCUT2D eigenvalue weighted by atomic mass is 16.5. The molecule has 0 unspecified atom stereocenters. The molecule has 0 saturated carbocycles. The number of hydrogen-bond acceptors (Lipinski definition) is 2. The van der Waals surface area contributed by atoms with Crippen LogP contribution in [0.15, 0.2) is 12.1 Å². The van der Waals surface area contributed by atoms with Crippen molar-refractivity contribution in [3.05, 3.63) is 23.5 Å². The molecule has 0 aliphatic rings. The van der Waals surface area contributed by atoms with Gasteiger partial charge in [-0.05, 0) is 39.8 Å². The molecule has 1 rings (SSSR count). The number of aromatic nitrogens is 1. The van der Waals surface area contributed by atoms with Crippen LogP contribution in [0.4, 0.5) is 0 Å². The summed E-state index contributed by atoms with van der Waals surface area (Å²) in [5, 5.41) is 0. The average molecular weight is 195 g/mol. The van der Waals surface area contributed by atoms with Gasteiger partial charge in [0.05, 0.1) is 6.61 Å². The Morgan fingerprint density at radius 2 is 2.14 bits per heavy atom. The first-order chi connectivity index (χ1) is 6.57. The number of esters is 1. The van der Waals surface area contributed by atoms with E-state index in [0.717, 1.165) is 5.69 Å². The van der Waals surface area contributed by atoms with E-state index in [1.807, 2.05) is 30.5 Å². The summed E-state index contributed by atoms with van der Waals surface area (Å²) in [6, 6.07) is 4.03. The first kappa shape index (κ1) is 10.8. The molecule has 14 heavy (non-hydrogen) atoms. The highest BCUT2D eigenvalue weighted by molar-refractivity contribution is 5.88. The molecule has 0 atom stereocenters. The number of carbonyl (C=O) groups excluding carboxylic acids is 1. The summed E-state index contributed by atoms with van der Waals surface area (Å²) in [6.45, 7) is 8.32. The second-order valence-corrected chi connectivity index (χ2v) is 3.54. The molecule has 0 amide bonds. The van der Waals surface area contributed by atoms with Crippen molar-refractivity contribution in [1.29, 1.82) is 0 Å². The second-order valence-electron chi connectivity index (χ2n) is 3.54. The highest BCUT2D eigenvalue weighted by Gasteiger charge is 2.15. The maximum absolute atomic E-state index is 11.5. The number of carbonyl (C=O) groups is 1. The van der Waals surface area contributed by atoms with Gasteiger partial charge in [-0.2, -0.15) is 0 Å². The number of aryl methyl sites for hydroxylation is 1. The lowest BCUT2D eigenvalue weighted by atomic mass is 10.3. The van der Waals surface area contributed by atoms with Gasteiger partial charge < -0.3 is 9.30 Å². The van der Waals surface area contributed by atoms with Gasteiger partial charge in [0, 0.05) is 11.7 Å². The van der Waals surface area contributed by atoms with Crippen LogP contribution in [-0.2, 0) is 4.74 Å². The summed E-state index contributed by atoms with van der Waals surface area (Å²) >= 11 is 0. The largest absolute Gasteiger partial charge is 0.461 e. The quantitative estimate of drug-likeness (QED) is 0.694. The predicted molar refractivity (Wildman–Crippen MR) is 55.5 cm³/mol. The second kappa shape index (κ2) is 4.31. The minimum absolute atomic E-state index is 0.241. The van der Waals surface area contributed by atoms with Gasteiger partial charge in [0.2, 0.25) is 0 Å². The third-order valence-corrected chi connectivity index (χ3v) is 2.12. The molecule has 0 aliphatic heterocycles. The Bertz CT molecular complexity index is 326. The van der Waals surface area contributed by atoms with Gasteiger partial charge in [0.1, 0.15) is 5.69 Å². The third-order valence-electron chi connectivity index (χ3n) is 2.12. The summed E-state index contributed by atoms with van der Waals surface area (Å²) in [5.41, 5.74) is 1.72. The zero-order valence-corrected chi connectivity index (χ0v) is 9.20. The van der Waals surface area contributed by atoms with E-state index in [4.69, 9.17) is 4.74 Å². The van der Waals surface area contributed by atoms with Crippen LogP contribution in [-0.4, -0.2) is 17.1 Å². The molecular weight excluding hydrogens is 178 g/mol. The van der Waals surface area contributed by atoms with Crippen molar-refractivity contribution >= 4 is 5.97 Å². The fraction of sp³-hybridized carbons (Fsp3) is 0.545. The smallest absolute Gasteiger partial charge is 0.354 e. The van der Waals surface area contributed by atoms with Gasteiger partial charge in [-0.25, -0.2) is 4.79 Å². The average Bonchev–Trinajstić information content (AvgIpc) is 2.47. The van der Waals surface area contributed by atoms with Gasteiger partial charge in [0.25, 0.3) is 0 Å². The summed E-state index contributed by atoms with van der Waals surface area (Å²) in [5.74, 6) is -0.241. The molecule has 78 valence electrons. The van der Waals surface area contributed by atoms with Crippen LogP contribution in [0.1, 0.15) is 43.0 Å². The van der Waals surface area contributed by atoms with Crippen LogP contribution in [0.25, 0.3) is 0 Å². The molecule has 1 aromatic rings. The van der Waals surface area contributed by atoms with Crippen molar-refractivity contribution < 1.29 is 9.53 Å². The van der Waals surface area contributed by atoms with E-state index in [-0.39, 0.29) is 12.0 Å². The Balaban J connectivity index is 3.02. The highest BCUT2D eigenvalue weighted by Crippen LogP contribution is 2.16. The summed E-state index contributed by atoms with van der Waals surface area (Å²) < 4.78 is 6.96. The van der Waals surface area contributed by atoms with Crippen molar-refractivity contribution in [3.8, 4) is 0 Å². The molecule has 1 heterocycles. The van der Waals surface area contributed by atoms with Crippen LogP contribution in [0.3, 0.4) is 0 Å². The number of hydrogen-bond donors (Lipinski definition) is 0. The molecular formula is C11H17NO2. The lowest BCUT2D eigenvalue weighted by molar-refractivity contribution is 0.0511. The van der Waals surface area contributed by atoms with Crippen molar-refractivity contribution in [1.82, 2.24) is 4.57 Å². The Labute approximate surface area is 84.7 Å². The van der Waals surface area contributed by atoms with E-state index in [1.165, 1.54) is 0 Å². The van der Waals surface area contributed by atoms with Gasteiger partial charge >= 0.3 is 5.97 Å². The predicted octanol–water partition coefficient (Wildman–Crippen LogP) is 2.55. The number of rotatable bonds is 3. The molecule has 0 spiro atoms. The number of nitrogens with zero attached hydrogens (tertiary/aromatic N) is 1. The molecule has 0 radical (unpaired) electrons. The third kappa shape index (κ3) is 1.97. The maximum atomic E-state index is 11.5. The molecule has 0 bridgehead atoms. The fourth-order valence-electron chi connectivity index (χ4n) is 1.61. The SMILES string of the molecule is CCOC(=O)c1ccc(C)n1C(C)C. The van der Waals surface area contributed by atoms with Crippen molar-refractivity contribution in [3.63, 3.8) is 0 Å². The number of ether oxygens (including phenoxy) is 1. The van der Waals surface area contributed by atoms with E-state index in [0.29, 0.717) is 12.3 Å². The van der Waals surface area contributed by atoms with E-state index in [9.17, 15) is 4.79 Å². The topological polar surface area (TPSA) is 31.2 Å². The molecule has 0 saturated heterocycles. The molecule has 3 heteroatoms. The van der Waals surface area contributed by atoms with Crippen LogP contribution >= 0.6 is 0 Å². The maximum Gasteiger partial charge on any atom is 0.354 e. The molecule has 0 N–H and O–H groups in total. The van der Waals surface area contributed by atoms with Crippen LogP contribution < -0.4 is 0 Å². The first-order valence-corrected chi connectivity index (χ1v) is 4.92. The van der Waals surface area contributed by atoms with Crippen LogP contribution in [0.2, 0.25) is 0 Å². The summed E-state index contributed by atoms with van der Waals surface area (Å²) in [4.78, 5) is 11.5. The summed E-state index contributed by atoms with van der Waals surface area (Å²) in [7, 11) is 0. The molecule has 0 aromatic carbocycles. The zero-order chi connectivity index (χ0) is 10.7. The zero-order valence-electron chi connectivity index (χ0n) is 9.20. The summed E-state index contributed by atoms with van der Waals surface area (Å²) in [6.07, 6.45) is 0. The van der Waals surface area contributed by atoms with E-state index < -0.39 is 0 Å². The Morgan fingerprint density at radius 3 is 2.64 bits per heavy atom. The fourth-order valence-corrected chi connectivity index (χ4v) is 1.61. The van der Waals surface area contributed by atoms with Crippen molar-refractivity contribution in [2.75, 3.05) is 6.61 Å².